The number of guanidine groups is 1. The van der Waals surface area contributed by atoms with E-state index in [0.717, 1.165) is 56.3 Å². The summed E-state index contributed by atoms with van der Waals surface area (Å²) < 4.78 is 11.4. The third kappa shape index (κ3) is 6.39. The number of anilines is 1. The van der Waals surface area contributed by atoms with Crippen molar-refractivity contribution in [3.63, 3.8) is 0 Å². The Morgan fingerprint density at radius 2 is 1.89 bits per heavy atom. The Labute approximate surface area is 179 Å². The molecule has 3 N–H and O–H groups in total. The summed E-state index contributed by atoms with van der Waals surface area (Å²) in [5.74, 6) is 1.96. The summed E-state index contributed by atoms with van der Waals surface area (Å²) in [4.78, 5) is 9.48. The van der Waals surface area contributed by atoms with Gasteiger partial charge in [0.05, 0.1) is 19.8 Å². The Morgan fingerprint density at radius 3 is 2.59 bits per heavy atom. The van der Waals surface area contributed by atoms with Crippen molar-refractivity contribution >= 4 is 35.6 Å². The van der Waals surface area contributed by atoms with E-state index < -0.39 is 0 Å². The van der Waals surface area contributed by atoms with Crippen LogP contribution in [0.4, 0.5) is 5.69 Å². The fraction of sp³-hybridized carbons (Fsp3) is 0.632. The van der Waals surface area contributed by atoms with Crippen molar-refractivity contribution in [1.29, 1.82) is 0 Å². The molecule has 1 aromatic rings. The number of halogens is 1. The molecular formula is C19H32IN5O2. The minimum absolute atomic E-state index is 0. The van der Waals surface area contributed by atoms with E-state index in [4.69, 9.17) is 15.2 Å². The van der Waals surface area contributed by atoms with Gasteiger partial charge in [-0.1, -0.05) is 6.92 Å². The number of nitrogens with zero attached hydrogens (tertiary/aromatic N) is 3. The number of nitrogens with two attached hydrogens (primary N) is 1. The predicted molar refractivity (Wildman–Crippen MR) is 121 cm³/mol. The van der Waals surface area contributed by atoms with Crippen LogP contribution >= 0.6 is 24.0 Å². The van der Waals surface area contributed by atoms with Crippen molar-refractivity contribution in [2.75, 3.05) is 57.8 Å². The Hall–Kier alpha value is -1.26. The summed E-state index contributed by atoms with van der Waals surface area (Å²) in [5, 5.41) is 3.15. The number of ether oxygens (including phenoxy) is 2. The van der Waals surface area contributed by atoms with E-state index in [1.165, 1.54) is 0 Å². The number of likely N-dealkylation sites (N-methyl/N-ethyl adjacent to an activating group) is 1. The van der Waals surface area contributed by atoms with E-state index in [-0.39, 0.29) is 24.0 Å². The van der Waals surface area contributed by atoms with Gasteiger partial charge in [-0.2, -0.15) is 0 Å². The Morgan fingerprint density at radius 1 is 1.19 bits per heavy atom. The maximum Gasteiger partial charge on any atom is 0.193 e. The van der Waals surface area contributed by atoms with Crippen molar-refractivity contribution in [2.24, 2.45) is 10.7 Å². The van der Waals surface area contributed by atoms with Crippen LogP contribution in [0, 0.1) is 0 Å². The predicted octanol–water partition coefficient (Wildman–Crippen LogP) is 2.22. The van der Waals surface area contributed by atoms with Crippen LogP contribution < -0.4 is 20.5 Å². The van der Waals surface area contributed by atoms with Gasteiger partial charge in [0.1, 0.15) is 0 Å². The van der Waals surface area contributed by atoms with Crippen molar-refractivity contribution < 1.29 is 9.47 Å². The lowest BCUT2D eigenvalue weighted by Crippen LogP contribution is -2.50. The maximum absolute atomic E-state index is 6.07. The highest BCUT2D eigenvalue weighted by Crippen LogP contribution is 2.32. The zero-order valence-electron chi connectivity index (χ0n) is 16.3. The van der Waals surface area contributed by atoms with E-state index >= 15 is 0 Å². The summed E-state index contributed by atoms with van der Waals surface area (Å²) in [6.07, 6.45) is 0.894. The van der Waals surface area contributed by atoms with Gasteiger partial charge in [0.2, 0.25) is 0 Å². The molecule has 2 aliphatic heterocycles. The molecule has 3 rings (SSSR count). The molecule has 2 aliphatic rings. The molecule has 8 heteroatoms. The molecule has 1 fully saturated rings. The number of benzene rings is 1. The topological polar surface area (TPSA) is 75.4 Å². The van der Waals surface area contributed by atoms with Crippen molar-refractivity contribution in [2.45, 2.75) is 26.3 Å². The molecular weight excluding hydrogens is 457 g/mol. The van der Waals surface area contributed by atoms with E-state index in [2.05, 4.69) is 34.0 Å². The second-order valence-corrected chi connectivity index (χ2v) is 6.88. The van der Waals surface area contributed by atoms with Crippen LogP contribution in [0.25, 0.3) is 0 Å². The van der Waals surface area contributed by atoms with Crippen LogP contribution in [-0.4, -0.2) is 74.3 Å². The highest BCUT2D eigenvalue weighted by molar-refractivity contribution is 14.0. The second-order valence-electron chi connectivity index (χ2n) is 6.88. The molecule has 0 saturated carbocycles. The maximum atomic E-state index is 6.07. The van der Waals surface area contributed by atoms with Crippen LogP contribution in [0.5, 0.6) is 11.5 Å². The number of fused-ring (bicyclic) bond motifs is 1. The smallest absolute Gasteiger partial charge is 0.193 e. The summed E-state index contributed by atoms with van der Waals surface area (Å²) in [6, 6.07) is 6.14. The molecule has 7 nitrogen and oxygen atoms in total. The standard InChI is InChI=1S/C19H31N5O2.HI/c1-3-23-7-9-24(10-8-23)15(2)14-21-19(20)22-16-5-6-17-18(13-16)26-12-4-11-25-17;/h5-6,13,15H,3-4,7-12,14H2,1-2H3,(H3,20,21,22);1H. The van der Waals surface area contributed by atoms with Gasteiger partial charge in [-0.15, -0.1) is 24.0 Å². The molecule has 0 aromatic heterocycles. The summed E-state index contributed by atoms with van der Waals surface area (Å²) in [7, 11) is 0. The minimum Gasteiger partial charge on any atom is -0.490 e. The van der Waals surface area contributed by atoms with Crippen LogP contribution in [-0.2, 0) is 0 Å². The van der Waals surface area contributed by atoms with E-state index in [9.17, 15) is 0 Å². The normalized spacial score (nSPS) is 19.7. The molecule has 0 amide bonds. The minimum atomic E-state index is 0. The first-order valence-electron chi connectivity index (χ1n) is 9.58. The first-order valence-corrected chi connectivity index (χ1v) is 9.58. The number of nitrogens with one attached hydrogen (secondary N) is 1. The summed E-state index contributed by atoms with van der Waals surface area (Å²) >= 11 is 0. The third-order valence-corrected chi connectivity index (χ3v) is 5.02. The van der Waals surface area contributed by atoms with Crippen molar-refractivity contribution in [1.82, 2.24) is 9.80 Å². The van der Waals surface area contributed by atoms with Gasteiger partial charge in [0, 0.05) is 50.4 Å². The van der Waals surface area contributed by atoms with E-state index in [1.54, 1.807) is 0 Å². The van der Waals surface area contributed by atoms with E-state index in [0.29, 0.717) is 31.8 Å². The van der Waals surface area contributed by atoms with Gasteiger partial charge in [-0.3, -0.25) is 9.89 Å². The summed E-state index contributed by atoms with van der Waals surface area (Å²) in [6.45, 7) is 12.1. The molecule has 1 aromatic carbocycles. The Bertz CT molecular complexity index is 620. The third-order valence-electron chi connectivity index (χ3n) is 5.02. The molecule has 0 spiro atoms. The quantitative estimate of drug-likeness (QED) is 0.376. The van der Waals surface area contributed by atoms with Crippen LogP contribution in [0.2, 0.25) is 0 Å². The fourth-order valence-electron chi connectivity index (χ4n) is 3.29. The van der Waals surface area contributed by atoms with Crippen LogP contribution in [0.15, 0.2) is 23.2 Å². The van der Waals surface area contributed by atoms with Crippen molar-refractivity contribution in [3.8, 4) is 11.5 Å². The van der Waals surface area contributed by atoms with Crippen molar-refractivity contribution in [3.05, 3.63) is 18.2 Å². The second kappa shape index (κ2) is 10.9. The first-order chi connectivity index (χ1) is 12.7. The van der Waals surface area contributed by atoms with Gasteiger partial charge in [-0.25, -0.2) is 0 Å². The zero-order chi connectivity index (χ0) is 18.4. The highest BCUT2D eigenvalue weighted by atomic mass is 127. The largest absolute Gasteiger partial charge is 0.490 e. The fourth-order valence-corrected chi connectivity index (χ4v) is 3.29. The number of hydrogen-bond donors (Lipinski definition) is 2. The molecule has 1 saturated heterocycles. The number of rotatable bonds is 5. The van der Waals surface area contributed by atoms with Gasteiger partial charge in [0.15, 0.2) is 17.5 Å². The lowest BCUT2D eigenvalue weighted by molar-refractivity contribution is 0.109. The molecule has 152 valence electrons. The molecule has 1 unspecified atom stereocenters. The molecule has 2 heterocycles. The Kier molecular flexibility index (Phi) is 8.91. The molecule has 0 radical (unpaired) electrons. The number of hydrogen-bond acceptors (Lipinski definition) is 5. The lowest BCUT2D eigenvalue weighted by atomic mass is 10.2. The Balaban J connectivity index is 0.00000261. The number of aliphatic imine (C=N–C) groups is 1. The molecule has 0 aliphatic carbocycles. The van der Waals surface area contributed by atoms with Crippen LogP contribution in [0.1, 0.15) is 20.3 Å². The molecule has 1 atom stereocenters. The SMILES string of the molecule is CCN1CCN(C(C)CN=C(N)Nc2ccc3c(c2)OCCCO3)CC1.I. The summed E-state index contributed by atoms with van der Waals surface area (Å²) in [5.41, 5.74) is 6.94. The highest BCUT2D eigenvalue weighted by Gasteiger charge is 2.19. The number of piperazine rings is 1. The monoisotopic (exact) mass is 489 g/mol. The van der Waals surface area contributed by atoms with Gasteiger partial charge in [-0.05, 0) is 25.6 Å². The van der Waals surface area contributed by atoms with Gasteiger partial charge >= 0.3 is 0 Å². The molecule has 27 heavy (non-hydrogen) atoms. The zero-order valence-corrected chi connectivity index (χ0v) is 18.6. The van der Waals surface area contributed by atoms with E-state index in [1.807, 2.05) is 18.2 Å². The first kappa shape index (κ1) is 22.0. The average molecular weight is 489 g/mol. The lowest BCUT2D eigenvalue weighted by Gasteiger charge is -2.37. The van der Waals surface area contributed by atoms with Gasteiger partial charge < -0.3 is 25.4 Å². The van der Waals surface area contributed by atoms with Gasteiger partial charge in [0.25, 0.3) is 0 Å². The average Bonchev–Trinajstić information content (AvgIpc) is 2.91. The van der Waals surface area contributed by atoms with Crippen LogP contribution in [0.3, 0.4) is 0 Å². The molecule has 0 bridgehead atoms.